The Hall–Kier alpha value is -0.670. The maximum absolute atomic E-state index is 5.82. The molecule has 1 aliphatic heterocycles. The van der Waals surface area contributed by atoms with E-state index < -0.39 is 0 Å². The summed E-state index contributed by atoms with van der Waals surface area (Å²) in [5, 5.41) is 5.21. The third kappa shape index (κ3) is 3.16. The van der Waals surface area contributed by atoms with E-state index in [1.54, 1.807) is 11.8 Å². The van der Waals surface area contributed by atoms with E-state index in [2.05, 4.69) is 24.2 Å². The fourth-order valence-electron chi connectivity index (χ4n) is 1.45. The maximum atomic E-state index is 5.82. The van der Waals surface area contributed by atoms with Crippen LogP contribution in [-0.4, -0.2) is 16.5 Å². The van der Waals surface area contributed by atoms with Crippen LogP contribution in [0.4, 0.5) is 0 Å². The molecule has 1 saturated heterocycles. The number of halogens is 1. The van der Waals surface area contributed by atoms with Gasteiger partial charge in [-0.3, -0.25) is 4.99 Å². The fraction of sp³-hybridized carbons (Fsp3) is 0.417. The molecule has 16 heavy (non-hydrogen) atoms. The van der Waals surface area contributed by atoms with Gasteiger partial charge < -0.3 is 5.32 Å². The molecule has 0 amide bonds. The summed E-state index contributed by atoms with van der Waals surface area (Å²) in [4.78, 5) is 4.54. The number of hydrogen-bond donors (Lipinski definition) is 1. The van der Waals surface area contributed by atoms with Crippen LogP contribution in [0.25, 0.3) is 0 Å². The zero-order valence-electron chi connectivity index (χ0n) is 9.46. The van der Waals surface area contributed by atoms with E-state index >= 15 is 0 Å². The van der Waals surface area contributed by atoms with E-state index in [1.807, 2.05) is 24.3 Å². The molecule has 0 aliphatic carbocycles. The van der Waals surface area contributed by atoms with Crippen molar-refractivity contribution in [2.45, 2.75) is 25.9 Å². The number of nitrogens with zero attached hydrogens (tertiary/aromatic N) is 1. The second-order valence-corrected chi connectivity index (χ2v) is 5.95. The molecular weight excluding hydrogens is 240 g/mol. The minimum atomic E-state index is 0.170. The van der Waals surface area contributed by atoms with E-state index in [1.165, 1.54) is 5.56 Å². The summed E-state index contributed by atoms with van der Waals surface area (Å²) in [5.74, 6) is 1.08. The van der Waals surface area contributed by atoms with Gasteiger partial charge in [0.25, 0.3) is 0 Å². The zero-order chi connectivity index (χ0) is 11.6. The lowest BCUT2D eigenvalue weighted by molar-refractivity contribution is 0.536. The Kier molecular flexibility index (Phi) is 3.45. The van der Waals surface area contributed by atoms with Crippen molar-refractivity contribution in [1.82, 2.24) is 5.32 Å². The largest absolute Gasteiger partial charge is 0.359 e. The van der Waals surface area contributed by atoms with Gasteiger partial charge in [-0.2, -0.15) is 0 Å². The van der Waals surface area contributed by atoms with Gasteiger partial charge in [-0.05, 0) is 31.5 Å². The van der Waals surface area contributed by atoms with Gasteiger partial charge in [-0.15, -0.1) is 0 Å². The summed E-state index contributed by atoms with van der Waals surface area (Å²) in [6.45, 7) is 5.08. The molecule has 0 aromatic heterocycles. The fourth-order valence-corrected chi connectivity index (χ4v) is 2.65. The molecule has 0 radical (unpaired) electrons. The van der Waals surface area contributed by atoms with Crippen molar-refractivity contribution in [2.75, 3.05) is 5.75 Å². The molecule has 1 aliphatic rings. The maximum Gasteiger partial charge on any atom is 0.157 e. The van der Waals surface area contributed by atoms with Crippen LogP contribution in [0.3, 0.4) is 0 Å². The van der Waals surface area contributed by atoms with E-state index in [9.17, 15) is 0 Å². The molecule has 86 valence electrons. The van der Waals surface area contributed by atoms with Crippen molar-refractivity contribution in [3.05, 3.63) is 34.9 Å². The summed E-state index contributed by atoms with van der Waals surface area (Å²) >= 11 is 7.61. The third-order valence-corrected chi connectivity index (χ3v) is 3.96. The van der Waals surface area contributed by atoms with Crippen LogP contribution in [0.5, 0.6) is 0 Å². The first-order chi connectivity index (χ1) is 7.55. The molecule has 1 aromatic carbocycles. The van der Waals surface area contributed by atoms with E-state index in [0.29, 0.717) is 6.54 Å². The SMILES string of the molecule is CC1(C)CSC(=NCc2ccc(Cl)cc2)N1. The normalized spacial score (nSPS) is 21.1. The zero-order valence-corrected chi connectivity index (χ0v) is 11.0. The lowest BCUT2D eigenvalue weighted by atomic mass is 10.1. The summed E-state index contributed by atoms with van der Waals surface area (Å²) < 4.78 is 0. The number of rotatable bonds is 2. The monoisotopic (exact) mass is 254 g/mol. The molecular formula is C12H15ClN2S. The molecule has 0 unspecified atom stereocenters. The molecule has 1 fully saturated rings. The van der Waals surface area contributed by atoms with Crippen LogP contribution in [0.2, 0.25) is 5.02 Å². The molecule has 0 atom stereocenters. The number of aliphatic imine (C=N–C) groups is 1. The molecule has 1 aromatic rings. The van der Waals surface area contributed by atoms with Gasteiger partial charge in [-0.1, -0.05) is 35.5 Å². The summed E-state index contributed by atoms with van der Waals surface area (Å²) in [6, 6.07) is 7.82. The number of thioether (sulfide) groups is 1. The highest BCUT2D eigenvalue weighted by Gasteiger charge is 2.26. The highest BCUT2D eigenvalue weighted by Crippen LogP contribution is 2.22. The van der Waals surface area contributed by atoms with E-state index in [0.717, 1.165) is 15.9 Å². The highest BCUT2D eigenvalue weighted by atomic mass is 35.5. The topological polar surface area (TPSA) is 24.4 Å². The Morgan fingerprint density at radius 1 is 1.38 bits per heavy atom. The summed E-state index contributed by atoms with van der Waals surface area (Å²) in [5.41, 5.74) is 1.35. The van der Waals surface area contributed by atoms with E-state index in [-0.39, 0.29) is 5.54 Å². The second kappa shape index (κ2) is 4.68. The molecule has 1 N–H and O–H groups in total. The third-order valence-electron chi connectivity index (χ3n) is 2.33. The number of benzene rings is 1. The Labute approximate surface area is 105 Å². The second-order valence-electron chi connectivity index (χ2n) is 4.55. The minimum absolute atomic E-state index is 0.170. The van der Waals surface area contributed by atoms with Crippen molar-refractivity contribution in [1.29, 1.82) is 0 Å². The van der Waals surface area contributed by atoms with Crippen LogP contribution in [-0.2, 0) is 6.54 Å². The Morgan fingerprint density at radius 3 is 2.62 bits per heavy atom. The quantitative estimate of drug-likeness (QED) is 0.876. The van der Waals surface area contributed by atoms with E-state index in [4.69, 9.17) is 11.6 Å². The molecule has 0 bridgehead atoms. The van der Waals surface area contributed by atoms with Crippen LogP contribution < -0.4 is 5.32 Å². The predicted octanol–water partition coefficient (Wildman–Crippen LogP) is 3.31. The predicted molar refractivity (Wildman–Crippen MR) is 72.3 cm³/mol. The van der Waals surface area contributed by atoms with Gasteiger partial charge in [-0.25, -0.2) is 0 Å². The first kappa shape index (κ1) is 11.8. The van der Waals surface area contributed by atoms with Gasteiger partial charge in [0.05, 0.1) is 6.54 Å². The summed E-state index contributed by atoms with van der Waals surface area (Å²) in [6.07, 6.45) is 0. The van der Waals surface area contributed by atoms with Crippen molar-refractivity contribution < 1.29 is 0 Å². The van der Waals surface area contributed by atoms with Crippen LogP contribution in [0, 0.1) is 0 Å². The summed E-state index contributed by atoms with van der Waals surface area (Å²) in [7, 11) is 0. The Bertz CT molecular complexity index is 398. The average molecular weight is 255 g/mol. The standard InChI is InChI=1S/C12H15ClN2S/c1-12(2)8-16-11(15-12)14-7-9-3-5-10(13)6-4-9/h3-6H,7-8H2,1-2H3,(H,14,15). The first-order valence-corrected chi connectivity index (χ1v) is 6.61. The molecule has 0 spiro atoms. The van der Waals surface area contributed by atoms with Crippen LogP contribution >= 0.6 is 23.4 Å². The minimum Gasteiger partial charge on any atom is -0.359 e. The molecule has 2 rings (SSSR count). The van der Waals surface area contributed by atoms with Crippen molar-refractivity contribution in [3.8, 4) is 0 Å². The first-order valence-electron chi connectivity index (χ1n) is 5.25. The van der Waals surface area contributed by atoms with Gasteiger partial charge in [0.1, 0.15) is 0 Å². The van der Waals surface area contributed by atoms with Gasteiger partial charge in [0, 0.05) is 16.3 Å². The Balaban J connectivity index is 1.97. The van der Waals surface area contributed by atoms with Gasteiger partial charge in [0.15, 0.2) is 5.17 Å². The highest BCUT2D eigenvalue weighted by molar-refractivity contribution is 8.14. The van der Waals surface area contributed by atoms with Crippen LogP contribution in [0.1, 0.15) is 19.4 Å². The van der Waals surface area contributed by atoms with Gasteiger partial charge in [0.2, 0.25) is 0 Å². The number of nitrogens with one attached hydrogen (secondary N) is 1. The van der Waals surface area contributed by atoms with Crippen molar-refractivity contribution in [3.63, 3.8) is 0 Å². The number of hydrogen-bond acceptors (Lipinski definition) is 2. The smallest absolute Gasteiger partial charge is 0.157 e. The van der Waals surface area contributed by atoms with Crippen LogP contribution in [0.15, 0.2) is 29.3 Å². The number of amidine groups is 1. The molecule has 4 heteroatoms. The molecule has 2 nitrogen and oxygen atoms in total. The lowest BCUT2D eigenvalue weighted by Crippen LogP contribution is -2.36. The van der Waals surface area contributed by atoms with Gasteiger partial charge >= 0.3 is 0 Å². The lowest BCUT2D eigenvalue weighted by Gasteiger charge is -2.15. The van der Waals surface area contributed by atoms with Crippen molar-refractivity contribution in [2.24, 2.45) is 4.99 Å². The molecule has 1 heterocycles. The molecule has 0 saturated carbocycles. The average Bonchev–Trinajstić information content (AvgIpc) is 2.58. The Morgan fingerprint density at radius 2 is 2.06 bits per heavy atom. The van der Waals surface area contributed by atoms with Crippen molar-refractivity contribution >= 4 is 28.5 Å².